The van der Waals surface area contributed by atoms with Gasteiger partial charge in [0.1, 0.15) is 6.33 Å². The van der Waals surface area contributed by atoms with Gasteiger partial charge in [-0.3, -0.25) is 0 Å². The molecule has 86 valence electrons. The maximum Gasteiger partial charge on any atom is 0.175 e. The molecule has 0 aliphatic heterocycles. The third kappa shape index (κ3) is 2.13. The van der Waals surface area contributed by atoms with Crippen molar-refractivity contribution in [2.75, 3.05) is 0 Å². The predicted molar refractivity (Wildman–Crippen MR) is 67.9 cm³/mol. The number of aryl methyl sites for hydroxylation is 1. The Morgan fingerprint density at radius 3 is 2.81 bits per heavy atom. The predicted octanol–water partition coefficient (Wildman–Crippen LogP) is 3.62. The maximum absolute atomic E-state index is 6.24. The lowest BCUT2D eigenvalue weighted by molar-refractivity contribution is 0.525. The van der Waals surface area contributed by atoms with Crippen molar-refractivity contribution in [2.45, 2.75) is 27.3 Å². The SMILES string of the molecule is Cc1csc(-c2nncn2CC(C)C)c1Cl. The highest BCUT2D eigenvalue weighted by atomic mass is 35.5. The van der Waals surface area contributed by atoms with Gasteiger partial charge in [0.25, 0.3) is 0 Å². The quantitative estimate of drug-likeness (QED) is 0.839. The smallest absolute Gasteiger partial charge is 0.175 e. The van der Waals surface area contributed by atoms with Crippen molar-refractivity contribution in [1.82, 2.24) is 14.8 Å². The van der Waals surface area contributed by atoms with Gasteiger partial charge >= 0.3 is 0 Å². The zero-order chi connectivity index (χ0) is 11.7. The van der Waals surface area contributed by atoms with E-state index in [0.29, 0.717) is 5.92 Å². The molecule has 0 bridgehead atoms. The first-order chi connectivity index (χ1) is 7.59. The molecule has 2 aromatic rings. The molecule has 0 amide bonds. The van der Waals surface area contributed by atoms with Gasteiger partial charge in [-0.05, 0) is 23.8 Å². The van der Waals surface area contributed by atoms with Gasteiger partial charge in [-0.2, -0.15) is 0 Å². The van der Waals surface area contributed by atoms with Crippen LogP contribution in [-0.2, 0) is 6.54 Å². The average molecular weight is 256 g/mol. The first-order valence-corrected chi connectivity index (χ1v) is 6.47. The molecule has 3 nitrogen and oxygen atoms in total. The molecule has 0 fully saturated rings. The van der Waals surface area contributed by atoms with Crippen molar-refractivity contribution in [3.8, 4) is 10.7 Å². The Morgan fingerprint density at radius 1 is 1.50 bits per heavy atom. The van der Waals surface area contributed by atoms with E-state index in [4.69, 9.17) is 11.6 Å². The molecule has 0 spiro atoms. The van der Waals surface area contributed by atoms with E-state index in [2.05, 4.69) is 28.6 Å². The summed E-state index contributed by atoms with van der Waals surface area (Å²) in [5.74, 6) is 1.44. The Morgan fingerprint density at radius 2 is 2.25 bits per heavy atom. The van der Waals surface area contributed by atoms with Crippen molar-refractivity contribution in [2.24, 2.45) is 5.92 Å². The largest absolute Gasteiger partial charge is 0.313 e. The first-order valence-electron chi connectivity index (χ1n) is 5.21. The second-order valence-corrected chi connectivity index (χ2v) is 5.52. The summed E-state index contributed by atoms with van der Waals surface area (Å²) in [6, 6.07) is 0. The van der Waals surface area contributed by atoms with Crippen LogP contribution in [0.2, 0.25) is 5.02 Å². The summed E-state index contributed by atoms with van der Waals surface area (Å²) >= 11 is 7.86. The standard InChI is InChI=1S/C11H14ClN3S/c1-7(2)4-15-6-13-14-11(15)10-9(12)8(3)5-16-10/h5-7H,4H2,1-3H3. The summed E-state index contributed by atoms with van der Waals surface area (Å²) in [4.78, 5) is 1.01. The van der Waals surface area contributed by atoms with Crippen LogP contribution in [0.15, 0.2) is 11.7 Å². The van der Waals surface area contributed by atoms with Crippen molar-refractivity contribution >= 4 is 22.9 Å². The lowest BCUT2D eigenvalue weighted by Gasteiger charge is -2.08. The van der Waals surface area contributed by atoms with Crippen LogP contribution in [0.4, 0.5) is 0 Å². The minimum atomic E-state index is 0.564. The lowest BCUT2D eigenvalue weighted by atomic mass is 10.2. The van der Waals surface area contributed by atoms with Gasteiger partial charge in [0, 0.05) is 6.54 Å². The Bertz CT molecular complexity index is 487. The summed E-state index contributed by atoms with van der Waals surface area (Å²) in [6.07, 6.45) is 1.76. The fourth-order valence-corrected chi connectivity index (χ4v) is 2.82. The number of halogens is 1. The molecule has 0 radical (unpaired) electrons. The summed E-state index contributed by atoms with van der Waals surface area (Å²) in [5.41, 5.74) is 1.10. The fraction of sp³-hybridized carbons (Fsp3) is 0.455. The van der Waals surface area contributed by atoms with Gasteiger partial charge in [0.15, 0.2) is 5.82 Å². The molecule has 0 unspecified atom stereocenters. The highest BCUT2D eigenvalue weighted by molar-refractivity contribution is 7.14. The molecule has 0 atom stereocenters. The Kier molecular flexibility index (Phi) is 3.30. The molecular weight excluding hydrogens is 242 g/mol. The molecule has 0 saturated heterocycles. The van der Waals surface area contributed by atoms with E-state index in [9.17, 15) is 0 Å². The van der Waals surface area contributed by atoms with E-state index < -0.39 is 0 Å². The molecule has 2 rings (SSSR count). The molecule has 5 heteroatoms. The van der Waals surface area contributed by atoms with E-state index >= 15 is 0 Å². The second-order valence-electron chi connectivity index (χ2n) is 4.26. The fourth-order valence-electron chi connectivity index (χ4n) is 1.54. The van der Waals surface area contributed by atoms with E-state index in [1.165, 1.54) is 0 Å². The third-order valence-corrected chi connectivity index (χ3v) is 3.97. The Balaban J connectivity index is 2.41. The third-order valence-electron chi connectivity index (χ3n) is 2.28. The van der Waals surface area contributed by atoms with Crippen LogP contribution < -0.4 is 0 Å². The zero-order valence-electron chi connectivity index (χ0n) is 9.57. The molecule has 0 aromatic carbocycles. The molecule has 0 aliphatic carbocycles. The van der Waals surface area contributed by atoms with E-state index in [1.54, 1.807) is 17.7 Å². The topological polar surface area (TPSA) is 30.7 Å². The number of hydrogen-bond acceptors (Lipinski definition) is 3. The van der Waals surface area contributed by atoms with E-state index in [0.717, 1.165) is 27.8 Å². The summed E-state index contributed by atoms with van der Waals surface area (Å²) in [7, 11) is 0. The summed E-state index contributed by atoms with van der Waals surface area (Å²) < 4.78 is 2.06. The van der Waals surface area contributed by atoms with E-state index in [-0.39, 0.29) is 0 Å². The van der Waals surface area contributed by atoms with Crippen LogP contribution in [0, 0.1) is 12.8 Å². The maximum atomic E-state index is 6.24. The number of nitrogens with zero attached hydrogens (tertiary/aromatic N) is 3. The van der Waals surface area contributed by atoms with Crippen molar-refractivity contribution < 1.29 is 0 Å². The van der Waals surface area contributed by atoms with Gasteiger partial charge in [-0.25, -0.2) is 0 Å². The zero-order valence-corrected chi connectivity index (χ0v) is 11.1. The molecule has 2 heterocycles. The molecular formula is C11H14ClN3S. The highest BCUT2D eigenvalue weighted by Gasteiger charge is 2.15. The average Bonchev–Trinajstić information content (AvgIpc) is 2.76. The van der Waals surface area contributed by atoms with Crippen LogP contribution in [-0.4, -0.2) is 14.8 Å². The van der Waals surface area contributed by atoms with Gasteiger partial charge in [-0.15, -0.1) is 21.5 Å². The number of hydrogen-bond donors (Lipinski definition) is 0. The van der Waals surface area contributed by atoms with Gasteiger partial charge in [0.2, 0.25) is 0 Å². The van der Waals surface area contributed by atoms with Crippen LogP contribution >= 0.6 is 22.9 Å². The summed E-state index contributed by atoms with van der Waals surface area (Å²) in [6.45, 7) is 7.26. The monoisotopic (exact) mass is 255 g/mol. The van der Waals surface area contributed by atoms with Crippen LogP contribution in [0.5, 0.6) is 0 Å². The van der Waals surface area contributed by atoms with Gasteiger partial charge < -0.3 is 4.57 Å². The van der Waals surface area contributed by atoms with Crippen LogP contribution in [0.3, 0.4) is 0 Å². The van der Waals surface area contributed by atoms with Gasteiger partial charge in [0.05, 0.1) is 9.90 Å². The van der Waals surface area contributed by atoms with Crippen molar-refractivity contribution in [3.05, 3.63) is 22.3 Å². The summed E-state index contributed by atoms with van der Waals surface area (Å²) in [5, 5.41) is 11.0. The normalized spacial score (nSPS) is 11.3. The van der Waals surface area contributed by atoms with E-state index in [1.807, 2.05) is 12.3 Å². The number of rotatable bonds is 3. The minimum absolute atomic E-state index is 0.564. The van der Waals surface area contributed by atoms with Gasteiger partial charge in [-0.1, -0.05) is 25.4 Å². The number of aromatic nitrogens is 3. The molecule has 16 heavy (non-hydrogen) atoms. The Labute approximate surface area is 104 Å². The molecule has 0 aliphatic rings. The molecule has 0 N–H and O–H groups in total. The number of thiophene rings is 1. The van der Waals surface area contributed by atoms with Crippen LogP contribution in [0.25, 0.3) is 10.7 Å². The van der Waals surface area contributed by atoms with Crippen molar-refractivity contribution in [3.63, 3.8) is 0 Å². The second kappa shape index (κ2) is 4.55. The van der Waals surface area contributed by atoms with Crippen LogP contribution in [0.1, 0.15) is 19.4 Å². The molecule has 0 saturated carbocycles. The molecule has 2 aromatic heterocycles. The Hall–Kier alpha value is -0.870. The lowest BCUT2D eigenvalue weighted by Crippen LogP contribution is -2.04. The van der Waals surface area contributed by atoms with Crippen molar-refractivity contribution in [1.29, 1.82) is 0 Å². The highest BCUT2D eigenvalue weighted by Crippen LogP contribution is 2.35. The first kappa shape index (κ1) is 11.6. The minimum Gasteiger partial charge on any atom is -0.313 e.